The monoisotopic (exact) mass is 422 g/mol. The van der Waals surface area contributed by atoms with Crippen LogP contribution in [0.2, 0.25) is 0 Å². The summed E-state index contributed by atoms with van der Waals surface area (Å²) in [6.07, 6.45) is 3.32. The molecule has 1 aliphatic carbocycles. The summed E-state index contributed by atoms with van der Waals surface area (Å²) in [7, 11) is 0. The minimum absolute atomic E-state index is 0.724. The third-order valence-corrected chi connectivity index (χ3v) is 6.98. The molecule has 0 saturated heterocycles. The van der Waals surface area contributed by atoms with Gasteiger partial charge in [0.25, 0.3) is 0 Å². The van der Waals surface area contributed by atoms with E-state index in [1.807, 2.05) is 0 Å². The van der Waals surface area contributed by atoms with Crippen LogP contribution in [0.3, 0.4) is 0 Å². The molecule has 33 heavy (non-hydrogen) atoms. The van der Waals surface area contributed by atoms with Crippen LogP contribution in [0.4, 0.5) is 0 Å². The number of hydrogen-bond acceptors (Lipinski definition) is 1. The molecular formula is C32H22O. The lowest BCUT2D eigenvalue weighted by Gasteiger charge is -2.19. The molecule has 1 heterocycles. The van der Waals surface area contributed by atoms with E-state index in [0.29, 0.717) is 0 Å². The van der Waals surface area contributed by atoms with E-state index in [1.165, 1.54) is 60.5 Å². The third-order valence-electron chi connectivity index (χ3n) is 6.98. The van der Waals surface area contributed by atoms with Gasteiger partial charge in [-0.05, 0) is 67.1 Å². The smallest absolute Gasteiger partial charge is 0.127 e. The van der Waals surface area contributed by atoms with E-state index < -0.39 is 0 Å². The van der Waals surface area contributed by atoms with Gasteiger partial charge in [-0.1, -0.05) is 97.1 Å². The van der Waals surface area contributed by atoms with Crippen molar-refractivity contribution in [2.75, 3.05) is 6.61 Å². The van der Waals surface area contributed by atoms with Gasteiger partial charge in [-0.2, -0.15) is 0 Å². The number of fused-ring (bicyclic) bond motifs is 2. The maximum absolute atomic E-state index is 6.09. The first kappa shape index (κ1) is 18.5. The van der Waals surface area contributed by atoms with Crippen molar-refractivity contribution in [3.63, 3.8) is 0 Å². The molecule has 0 N–H and O–H groups in total. The molecule has 0 saturated carbocycles. The van der Waals surface area contributed by atoms with E-state index >= 15 is 0 Å². The second-order valence-corrected chi connectivity index (χ2v) is 8.78. The molecule has 0 unspecified atom stereocenters. The summed E-state index contributed by atoms with van der Waals surface area (Å²) in [5.41, 5.74) is 9.16. The first-order chi connectivity index (χ1) is 16.4. The molecule has 0 spiro atoms. The van der Waals surface area contributed by atoms with E-state index in [4.69, 9.17) is 4.74 Å². The van der Waals surface area contributed by atoms with Crippen molar-refractivity contribution >= 4 is 44.3 Å². The molecule has 1 heteroatoms. The third kappa shape index (κ3) is 2.79. The van der Waals surface area contributed by atoms with E-state index in [2.05, 4.69) is 109 Å². The van der Waals surface area contributed by atoms with Crippen molar-refractivity contribution in [3.05, 3.63) is 125 Å². The standard InChI is InChI=1S/C32H22O/c1-3-13-24-21(8-1)10-5-12-23(24)20-29-27-16-7-17-30-32(27)28(18-19-33-30)31(29)26-15-6-11-22-9-2-4-14-25(22)26/h1-17,20H,18-19H2/b29-20+. The predicted molar refractivity (Wildman–Crippen MR) is 139 cm³/mol. The lowest BCUT2D eigenvalue weighted by atomic mass is 9.89. The van der Waals surface area contributed by atoms with Crippen LogP contribution in [-0.2, 0) is 0 Å². The fourth-order valence-electron chi connectivity index (χ4n) is 5.56. The molecule has 0 atom stereocenters. The largest absolute Gasteiger partial charge is 0.493 e. The summed E-state index contributed by atoms with van der Waals surface area (Å²) in [6, 6.07) is 37.1. The lowest BCUT2D eigenvalue weighted by molar-refractivity contribution is 0.317. The minimum Gasteiger partial charge on any atom is -0.493 e. The van der Waals surface area contributed by atoms with Gasteiger partial charge in [-0.15, -0.1) is 0 Å². The van der Waals surface area contributed by atoms with Gasteiger partial charge in [0.15, 0.2) is 0 Å². The van der Waals surface area contributed by atoms with Crippen molar-refractivity contribution in [3.8, 4) is 5.75 Å². The first-order valence-corrected chi connectivity index (χ1v) is 11.6. The summed E-state index contributed by atoms with van der Waals surface area (Å²) < 4.78 is 6.09. The summed E-state index contributed by atoms with van der Waals surface area (Å²) in [5, 5.41) is 5.12. The Hall–Kier alpha value is -4.10. The summed E-state index contributed by atoms with van der Waals surface area (Å²) in [6.45, 7) is 0.724. The van der Waals surface area contributed by atoms with Gasteiger partial charge < -0.3 is 4.74 Å². The van der Waals surface area contributed by atoms with Crippen LogP contribution in [0.15, 0.2) is 103 Å². The Bertz CT molecular complexity index is 1620. The fourth-order valence-corrected chi connectivity index (χ4v) is 5.56. The highest BCUT2D eigenvalue weighted by molar-refractivity contribution is 6.28. The van der Waals surface area contributed by atoms with Crippen molar-refractivity contribution < 1.29 is 4.74 Å². The van der Waals surface area contributed by atoms with Crippen LogP contribution in [0.1, 0.15) is 28.7 Å². The summed E-state index contributed by atoms with van der Waals surface area (Å²) >= 11 is 0. The normalized spacial score (nSPS) is 15.8. The van der Waals surface area contributed by atoms with Crippen LogP contribution in [-0.4, -0.2) is 6.61 Å². The van der Waals surface area contributed by atoms with Crippen LogP contribution in [0.25, 0.3) is 44.3 Å². The van der Waals surface area contributed by atoms with Crippen molar-refractivity contribution in [1.82, 2.24) is 0 Å². The Labute approximate surface area is 193 Å². The van der Waals surface area contributed by atoms with E-state index in [-0.39, 0.29) is 0 Å². The Morgan fingerprint density at radius 3 is 2.15 bits per heavy atom. The Morgan fingerprint density at radius 1 is 0.606 bits per heavy atom. The maximum atomic E-state index is 6.09. The number of benzene rings is 5. The van der Waals surface area contributed by atoms with Gasteiger partial charge in [0.05, 0.1) is 6.61 Å². The highest BCUT2D eigenvalue weighted by Crippen LogP contribution is 2.54. The zero-order chi connectivity index (χ0) is 21.8. The Morgan fingerprint density at radius 2 is 1.27 bits per heavy atom. The molecule has 7 rings (SSSR count). The molecule has 156 valence electrons. The maximum Gasteiger partial charge on any atom is 0.127 e. The lowest BCUT2D eigenvalue weighted by Crippen LogP contribution is -2.07. The molecule has 5 aromatic rings. The molecular weight excluding hydrogens is 400 g/mol. The quantitative estimate of drug-likeness (QED) is 0.278. The SMILES string of the molecule is C(=C1\C(c2cccc3ccccc23)=C2CCOc3cccc1c32)/c1cccc2ccccc12. The Kier molecular flexibility index (Phi) is 4.04. The molecule has 0 aromatic heterocycles. The fraction of sp³-hybridized carbons (Fsp3) is 0.0625. The van der Waals surface area contributed by atoms with Crippen LogP contribution in [0, 0.1) is 0 Å². The average molecular weight is 423 g/mol. The van der Waals surface area contributed by atoms with Gasteiger partial charge in [-0.25, -0.2) is 0 Å². The molecule has 1 nitrogen and oxygen atoms in total. The number of rotatable bonds is 2. The van der Waals surface area contributed by atoms with Gasteiger partial charge in [-0.3, -0.25) is 0 Å². The zero-order valence-electron chi connectivity index (χ0n) is 18.2. The number of allylic oxidation sites excluding steroid dienone is 2. The molecule has 1 aliphatic heterocycles. The second kappa shape index (κ2) is 7.21. The number of ether oxygens (including phenoxy) is 1. The highest BCUT2D eigenvalue weighted by Gasteiger charge is 2.32. The van der Waals surface area contributed by atoms with E-state index in [1.54, 1.807) is 0 Å². The van der Waals surface area contributed by atoms with Gasteiger partial charge in [0, 0.05) is 12.0 Å². The van der Waals surface area contributed by atoms with Crippen molar-refractivity contribution in [1.29, 1.82) is 0 Å². The van der Waals surface area contributed by atoms with Crippen molar-refractivity contribution in [2.45, 2.75) is 6.42 Å². The molecule has 5 aromatic carbocycles. The summed E-state index contributed by atoms with van der Waals surface area (Å²) in [5.74, 6) is 1.01. The van der Waals surface area contributed by atoms with Gasteiger partial charge >= 0.3 is 0 Å². The average Bonchev–Trinajstić information content (AvgIpc) is 3.19. The van der Waals surface area contributed by atoms with E-state index in [9.17, 15) is 0 Å². The molecule has 2 aliphatic rings. The second-order valence-electron chi connectivity index (χ2n) is 8.78. The minimum atomic E-state index is 0.724. The van der Waals surface area contributed by atoms with E-state index in [0.717, 1.165) is 18.8 Å². The molecule has 0 bridgehead atoms. The zero-order valence-corrected chi connectivity index (χ0v) is 18.2. The van der Waals surface area contributed by atoms with Gasteiger partial charge in [0.1, 0.15) is 5.75 Å². The molecule has 0 radical (unpaired) electrons. The Balaban J connectivity index is 1.57. The number of hydrogen-bond donors (Lipinski definition) is 0. The first-order valence-electron chi connectivity index (χ1n) is 11.6. The highest BCUT2D eigenvalue weighted by atomic mass is 16.5. The molecule has 0 fully saturated rings. The summed E-state index contributed by atoms with van der Waals surface area (Å²) in [4.78, 5) is 0. The van der Waals surface area contributed by atoms with Crippen LogP contribution >= 0.6 is 0 Å². The van der Waals surface area contributed by atoms with Crippen LogP contribution in [0.5, 0.6) is 5.75 Å². The topological polar surface area (TPSA) is 9.23 Å². The molecule has 0 amide bonds. The van der Waals surface area contributed by atoms with Gasteiger partial charge in [0.2, 0.25) is 0 Å². The predicted octanol–water partition coefficient (Wildman–Crippen LogP) is 8.24. The van der Waals surface area contributed by atoms with Crippen molar-refractivity contribution in [2.24, 2.45) is 0 Å². The van der Waals surface area contributed by atoms with Crippen LogP contribution < -0.4 is 4.74 Å².